The van der Waals surface area contributed by atoms with Crippen molar-refractivity contribution in [2.75, 3.05) is 0 Å². The molecule has 1 aromatic rings. The highest BCUT2D eigenvalue weighted by atomic mass is 16.1. The molecule has 0 N–H and O–H groups in total. The van der Waals surface area contributed by atoms with Gasteiger partial charge in [0.25, 0.3) is 0 Å². The van der Waals surface area contributed by atoms with E-state index in [1.165, 1.54) is 63.4 Å². The van der Waals surface area contributed by atoms with Gasteiger partial charge in [0.2, 0.25) is 0 Å². The first-order chi connectivity index (χ1) is 16.7. The average molecular weight is 475 g/mol. The van der Waals surface area contributed by atoms with Gasteiger partial charge in [0.05, 0.1) is 0 Å². The monoisotopic (exact) mass is 474 g/mol. The molecule has 4 saturated carbocycles. The molecular weight excluding hydrogens is 424 g/mol. The lowest BCUT2D eigenvalue weighted by atomic mass is 9.44. The van der Waals surface area contributed by atoms with Gasteiger partial charge in [0.15, 0.2) is 5.78 Å². The molecule has 0 radical (unpaired) electrons. The van der Waals surface area contributed by atoms with Gasteiger partial charge in [-0.2, -0.15) is 0 Å². The second kappa shape index (κ2) is 9.83. The molecule has 192 valence electrons. The van der Waals surface area contributed by atoms with Crippen molar-refractivity contribution in [3.05, 3.63) is 41.5 Å². The van der Waals surface area contributed by atoms with Crippen LogP contribution in [0, 0.1) is 52.3 Å². The van der Waals surface area contributed by atoms with Crippen LogP contribution in [0.1, 0.15) is 111 Å². The lowest BCUT2D eigenvalue weighted by molar-refractivity contribution is -0.133. The van der Waals surface area contributed by atoms with E-state index in [9.17, 15) is 4.79 Å². The first-order valence-corrected chi connectivity index (χ1v) is 15.0. The fourth-order valence-corrected chi connectivity index (χ4v) is 9.92. The van der Waals surface area contributed by atoms with E-state index in [2.05, 4.69) is 71.0 Å². The van der Waals surface area contributed by atoms with E-state index in [4.69, 9.17) is 0 Å². The van der Waals surface area contributed by atoms with Crippen molar-refractivity contribution < 1.29 is 4.79 Å². The molecule has 0 amide bonds. The molecule has 35 heavy (non-hydrogen) atoms. The molecule has 4 aliphatic rings. The van der Waals surface area contributed by atoms with Crippen LogP contribution in [-0.4, -0.2) is 5.78 Å². The topological polar surface area (TPSA) is 17.1 Å². The fourth-order valence-electron chi connectivity index (χ4n) is 9.92. The van der Waals surface area contributed by atoms with Crippen LogP contribution in [0.4, 0.5) is 0 Å². The van der Waals surface area contributed by atoms with Crippen molar-refractivity contribution in [1.82, 2.24) is 0 Å². The first-order valence-electron chi connectivity index (χ1n) is 15.0. The average Bonchev–Trinajstić information content (AvgIpc) is 3.18. The van der Waals surface area contributed by atoms with E-state index in [0.717, 1.165) is 53.9 Å². The molecule has 6 unspecified atom stereocenters. The Morgan fingerprint density at radius 3 is 2.40 bits per heavy atom. The zero-order chi connectivity index (χ0) is 24.8. The second-order valence-corrected chi connectivity index (χ2v) is 14.1. The van der Waals surface area contributed by atoms with Gasteiger partial charge in [0.1, 0.15) is 0 Å². The molecule has 0 bridgehead atoms. The number of allylic oxidation sites excluding steroid dienone is 1. The summed E-state index contributed by atoms with van der Waals surface area (Å²) in [5, 5.41) is 0. The minimum Gasteiger partial charge on any atom is -0.295 e. The lowest BCUT2D eigenvalue weighted by Gasteiger charge is -2.60. The van der Waals surface area contributed by atoms with Gasteiger partial charge in [-0.25, -0.2) is 0 Å². The Bertz CT molecular complexity index is 927. The van der Waals surface area contributed by atoms with Crippen LogP contribution in [0.2, 0.25) is 0 Å². The van der Waals surface area contributed by atoms with Crippen LogP contribution in [0.15, 0.2) is 35.9 Å². The van der Waals surface area contributed by atoms with Gasteiger partial charge < -0.3 is 0 Å². The maximum absolute atomic E-state index is 13.2. The Hall–Kier alpha value is -1.37. The summed E-state index contributed by atoms with van der Waals surface area (Å²) in [6, 6.07) is 10.5. The number of benzene rings is 1. The summed E-state index contributed by atoms with van der Waals surface area (Å²) in [6.07, 6.45) is 16.6. The van der Waals surface area contributed by atoms with E-state index in [1.54, 1.807) is 0 Å². The van der Waals surface area contributed by atoms with Gasteiger partial charge in [-0.05, 0) is 114 Å². The molecule has 0 heterocycles. The summed E-state index contributed by atoms with van der Waals surface area (Å²) >= 11 is 0. The highest BCUT2D eigenvalue weighted by molar-refractivity contribution is 6.00. The summed E-state index contributed by atoms with van der Waals surface area (Å²) in [6.45, 7) is 12.6. The van der Waals surface area contributed by atoms with E-state index in [-0.39, 0.29) is 0 Å². The molecule has 0 saturated heterocycles. The van der Waals surface area contributed by atoms with Gasteiger partial charge in [0, 0.05) is 6.42 Å². The van der Waals surface area contributed by atoms with Crippen molar-refractivity contribution in [2.24, 2.45) is 52.3 Å². The third-order valence-electron chi connectivity index (χ3n) is 11.8. The van der Waals surface area contributed by atoms with E-state index < -0.39 is 0 Å². The molecule has 8 atom stereocenters. The normalized spacial score (nSPS) is 40.9. The van der Waals surface area contributed by atoms with Crippen molar-refractivity contribution in [2.45, 2.75) is 105 Å². The lowest BCUT2D eigenvalue weighted by Crippen LogP contribution is -2.54. The quantitative estimate of drug-likeness (QED) is 0.375. The molecule has 1 nitrogen and oxygen atoms in total. The maximum atomic E-state index is 13.2. The van der Waals surface area contributed by atoms with Crippen LogP contribution in [0.5, 0.6) is 0 Å². The number of Topliss-reactive ketones (excluding diaryl/α,β-unsaturated/α-hetero) is 1. The van der Waals surface area contributed by atoms with Gasteiger partial charge in [-0.1, -0.05) is 84.2 Å². The second-order valence-electron chi connectivity index (χ2n) is 14.1. The Morgan fingerprint density at radius 1 is 0.914 bits per heavy atom. The largest absolute Gasteiger partial charge is 0.295 e. The summed E-state index contributed by atoms with van der Waals surface area (Å²) in [4.78, 5) is 13.2. The number of carbonyl (C=O) groups excluding carboxylic acids is 1. The van der Waals surface area contributed by atoms with Crippen LogP contribution in [0.25, 0.3) is 6.08 Å². The molecule has 0 aromatic heterocycles. The molecule has 4 fully saturated rings. The molecule has 1 aromatic carbocycles. The highest BCUT2D eigenvalue weighted by Crippen LogP contribution is 2.68. The molecule has 0 aliphatic heterocycles. The predicted octanol–water partition coefficient (Wildman–Crippen LogP) is 9.37. The third kappa shape index (κ3) is 4.59. The van der Waals surface area contributed by atoms with Crippen molar-refractivity contribution >= 4 is 11.9 Å². The Kier molecular flexibility index (Phi) is 7.10. The molecule has 5 rings (SSSR count). The smallest absolute Gasteiger partial charge is 0.159 e. The molecule has 4 aliphatic carbocycles. The third-order valence-corrected chi connectivity index (χ3v) is 11.8. The van der Waals surface area contributed by atoms with E-state index >= 15 is 0 Å². The number of hydrogen-bond acceptors (Lipinski definition) is 1. The molecule has 1 heteroatoms. The van der Waals surface area contributed by atoms with E-state index in [1.807, 2.05) is 0 Å². The Labute approximate surface area is 215 Å². The fraction of sp³-hybridized carbons (Fsp3) is 0.735. The van der Waals surface area contributed by atoms with Gasteiger partial charge in [-0.3, -0.25) is 4.79 Å². The summed E-state index contributed by atoms with van der Waals surface area (Å²) in [7, 11) is 0. The van der Waals surface area contributed by atoms with Crippen LogP contribution in [-0.2, 0) is 4.79 Å². The number of ketones is 1. The predicted molar refractivity (Wildman–Crippen MR) is 148 cm³/mol. The van der Waals surface area contributed by atoms with Crippen LogP contribution in [0.3, 0.4) is 0 Å². The number of rotatable bonds is 6. The Balaban J connectivity index is 1.34. The van der Waals surface area contributed by atoms with Gasteiger partial charge in [-0.15, -0.1) is 0 Å². The number of fused-ring (bicyclic) bond motifs is 5. The number of hydrogen-bond donors (Lipinski definition) is 0. The highest BCUT2D eigenvalue weighted by Gasteiger charge is 2.61. The summed E-state index contributed by atoms with van der Waals surface area (Å²) < 4.78 is 0. The number of carbonyl (C=O) groups is 1. The van der Waals surface area contributed by atoms with Crippen molar-refractivity contribution in [3.8, 4) is 0 Å². The Morgan fingerprint density at radius 2 is 1.66 bits per heavy atom. The van der Waals surface area contributed by atoms with Crippen LogP contribution >= 0.6 is 0 Å². The van der Waals surface area contributed by atoms with Crippen molar-refractivity contribution in [3.63, 3.8) is 0 Å². The zero-order valence-corrected chi connectivity index (χ0v) is 23.2. The summed E-state index contributed by atoms with van der Waals surface area (Å²) in [5.74, 6) is 6.26. The maximum Gasteiger partial charge on any atom is 0.159 e. The van der Waals surface area contributed by atoms with Crippen molar-refractivity contribution in [1.29, 1.82) is 0 Å². The molecular formula is C34H50O. The SMILES string of the molecule is CC(C)CCC[C@@H](C)C1CCC2C3CC[C@H]4CC(=O)/C(=C\c5ccccc5)CC4(C)C3CCC21C. The minimum absolute atomic E-state index is 0.305. The summed E-state index contributed by atoms with van der Waals surface area (Å²) in [5.41, 5.74) is 3.15. The first kappa shape index (κ1) is 25.3. The van der Waals surface area contributed by atoms with Gasteiger partial charge >= 0.3 is 0 Å². The van der Waals surface area contributed by atoms with Crippen LogP contribution < -0.4 is 0 Å². The molecule has 0 spiro atoms. The minimum atomic E-state index is 0.305. The zero-order valence-electron chi connectivity index (χ0n) is 23.2. The van der Waals surface area contributed by atoms with E-state index in [0.29, 0.717) is 22.5 Å². The standard InChI is InChI=1S/C34H50O/c1-23(2)10-9-11-24(3)29-16-17-30-28-15-14-27-21-32(35)26(20-25-12-7-6-8-13-25)22-34(27,5)31(28)18-19-33(29,30)4/h6-8,12-13,20,23-24,27-31H,9-11,14-19,21-22H2,1-5H3/b26-20-/t24-,27+,28?,29?,30?,31?,33?,34?/m1/s1.